The quantitative estimate of drug-likeness (QED) is 0.0305. The van der Waals surface area contributed by atoms with Crippen LogP contribution in [0.2, 0.25) is 0 Å². The Morgan fingerprint density at radius 1 is 0.562 bits per heavy atom. The average molecular weight is 904 g/mol. The van der Waals surface area contributed by atoms with Crippen molar-refractivity contribution in [2.75, 3.05) is 25.1 Å². The molecule has 1 rings (SSSR count). The first-order valence-electron chi connectivity index (χ1n) is 24.8. The Hall–Kier alpha value is -4.04. The molecule has 0 aliphatic carbocycles. The summed E-state index contributed by atoms with van der Waals surface area (Å²) in [6, 6.07) is 3.13. The molecule has 1 unspecified atom stereocenters. The first-order valence-corrected chi connectivity index (χ1v) is 24.8. The first-order chi connectivity index (χ1) is 31.0. The zero-order valence-electron chi connectivity index (χ0n) is 39.5. The van der Waals surface area contributed by atoms with Gasteiger partial charge in [0.2, 0.25) is 5.91 Å². The Morgan fingerprint density at radius 3 is 1.44 bits per heavy atom. The molecular weight excluding hydrogens is 819 g/mol. The first kappa shape index (κ1) is 58.0. The van der Waals surface area contributed by atoms with Gasteiger partial charge in [-0.05, 0) is 43.5 Å². The number of hydrogen-bond acceptors (Lipinski definition) is 10. The molecule has 0 heterocycles. The van der Waals surface area contributed by atoms with E-state index in [1.165, 1.54) is 146 Å². The number of carboxylic acid groups (broad SMARTS) is 2. The van der Waals surface area contributed by atoms with Crippen LogP contribution in [0.15, 0.2) is 24.3 Å². The van der Waals surface area contributed by atoms with Gasteiger partial charge in [-0.2, -0.15) is 0 Å². The number of esters is 2. The van der Waals surface area contributed by atoms with Crippen LogP contribution in [0.5, 0.6) is 0 Å². The SMILES string of the molecule is CCCCCCCCCCCCCCCC(=O)OCC(COC[C@H](N)C(=O)Nc1ccc(C(=O)N[C@@H](CCC(=O)O)C(=O)O)cc1)OC(=O)CCCCCCCCCCCCCCC. The number of nitrogens with two attached hydrogens (primary N) is 1. The van der Waals surface area contributed by atoms with Gasteiger partial charge in [-0.3, -0.25) is 24.0 Å². The van der Waals surface area contributed by atoms with E-state index in [-0.39, 0.29) is 50.6 Å². The van der Waals surface area contributed by atoms with E-state index >= 15 is 0 Å². The summed E-state index contributed by atoms with van der Waals surface area (Å²) >= 11 is 0. The summed E-state index contributed by atoms with van der Waals surface area (Å²) in [5.41, 5.74) is 6.51. The van der Waals surface area contributed by atoms with Gasteiger partial charge in [0.25, 0.3) is 5.91 Å². The third-order valence-corrected chi connectivity index (χ3v) is 11.3. The Kier molecular flexibility index (Phi) is 35.6. The van der Waals surface area contributed by atoms with Crippen molar-refractivity contribution < 1.29 is 53.2 Å². The van der Waals surface area contributed by atoms with Gasteiger partial charge >= 0.3 is 23.9 Å². The van der Waals surface area contributed by atoms with Crippen molar-refractivity contribution in [1.29, 1.82) is 0 Å². The van der Waals surface area contributed by atoms with E-state index < -0.39 is 54.3 Å². The van der Waals surface area contributed by atoms with Crippen LogP contribution < -0.4 is 16.4 Å². The molecule has 3 atom stereocenters. The van der Waals surface area contributed by atoms with Gasteiger partial charge in [-0.15, -0.1) is 0 Å². The molecule has 14 nitrogen and oxygen atoms in total. The Morgan fingerprint density at radius 2 is 1.00 bits per heavy atom. The normalized spacial score (nSPS) is 12.5. The van der Waals surface area contributed by atoms with Gasteiger partial charge in [-0.25, -0.2) is 4.79 Å². The van der Waals surface area contributed by atoms with E-state index in [9.17, 15) is 33.9 Å². The fourth-order valence-electron chi connectivity index (χ4n) is 7.30. The molecule has 2 amide bonds. The molecule has 0 saturated heterocycles. The molecule has 0 bridgehead atoms. The molecule has 64 heavy (non-hydrogen) atoms. The van der Waals surface area contributed by atoms with E-state index in [2.05, 4.69) is 24.5 Å². The minimum Gasteiger partial charge on any atom is -0.481 e. The summed E-state index contributed by atoms with van der Waals surface area (Å²) in [6.07, 6.45) is 30.2. The number of aliphatic carboxylic acids is 2. The van der Waals surface area contributed by atoms with Crippen LogP contribution in [0.3, 0.4) is 0 Å². The third-order valence-electron chi connectivity index (χ3n) is 11.3. The molecule has 0 radical (unpaired) electrons. The largest absolute Gasteiger partial charge is 0.481 e. The minimum absolute atomic E-state index is 0.104. The van der Waals surface area contributed by atoms with Crippen LogP contribution in [-0.2, 0) is 38.2 Å². The predicted molar refractivity (Wildman–Crippen MR) is 251 cm³/mol. The fourth-order valence-corrected chi connectivity index (χ4v) is 7.30. The van der Waals surface area contributed by atoms with E-state index in [1.807, 2.05) is 0 Å². The number of carbonyl (C=O) groups is 6. The van der Waals surface area contributed by atoms with E-state index in [0.29, 0.717) is 12.1 Å². The summed E-state index contributed by atoms with van der Waals surface area (Å²) in [5, 5.41) is 23.1. The highest BCUT2D eigenvalue weighted by molar-refractivity contribution is 5.98. The van der Waals surface area contributed by atoms with Crippen LogP contribution in [0, 0.1) is 0 Å². The maximum Gasteiger partial charge on any atom is 0.326 e. The van der Waals surface area contributed by atoms with E-state index in [0.717, 1.165) is 38.5 Å². The standard InChI is InChI=1S/C50H85N3O11/c1-3-5-7-9-11-13-15-17-19-21-23-25-27-29-46(56)63-38-42(64-47(57)30-28-26-24-22-20-18-16-14-12-10-8-6-4-2)37-62-39-43(51)49(59)52-41-33-31-40(32-34-41)48(58)53-44(50(60)61)35-36-45(54)55/h31-34,42-44H,3-30,35-39,51H2,1-2H3,(H,52,59)(H,53,58)(H,54,55)(H,60,61)/t42?,43-,44-/m0/s1. The van der Waals surface area contributed by atoms with Crippen molar-refractivity contribution in [2.45, 2.75) is 225 Å². The molecule has 0 aromatic heterocycles. The molecule has 0 aliphatic rings. The van der Waals surface area contributed by atoms with Gasteiger partial charge in [0.1, 0.15) is 18.7 Å². The van der Waals surface area contributed by atoms with Crippen LogP contribution in [0.1, 0.15) is 217 Å². The highest BCUT2D eigenvalue weighted by Crippen LogP contribution is 2.16. The zero-order chi connectivity index (χ0) is 47.0. The van der Waals surface area contributed by atoms with Gasteiger partial charge in [0, 0.05) is 30.5 Å². The second kappa shape index (κ2) is 39.3. The number of rotatable bonds is 43. The molecule has 0 spiro atoms. The van der Waals surface area contributed by atoms with Crippen LogP contribution in [-0.4, -0.2) is 83.9 Å². The van der Waals surface area contributed by atoms with E-state index in [1.54, 1.807) is 0 Å². The highest BCUT2D eigenvalue weighted by atomic mass is 16.6. The van der Waals surface area contributed by atoms with Gasteiger partial charge in [-0.1, -0.05) is 168 Å². The maximum absolute atomic E-state index is 12.9. The summed E-state index contributed by atoms with van der Waals surface area (Å²) in [4.78, 5) is 73.2. The van der Waals surface area contributed by atoms with Crippen molar-refractivity contribution in [3.05, 3.63) is 29.8 Å². The van der Waals surface area contributed by atoms with Crippen LogP contribution in [0.4, 0.5) is 5.69 Å². The average Bonchev–Trinajstić information content (AvgIpc) is 3.27. The number of nitrogens with one attached hydrogen (secondary N) is 2. The van der Waals surface area contributed by atoms with Crippen LogP contribution >= 0.6 is 0 Å². The number of anilines is 1. The summed E-state index contributed by atoms with van der Waals surface area (Å²) in [6.45, 7) is 3.95. The summed E-state index contributed by atoms with van der Waals surface area (Å²) in [5.74, 6) is -4.60. The summed E-state index contributed by atoms with van der Waals surface area (Å²) in [7, 11) is 0. The molecule has 0 fully saturated rings. The summed E-state index contributed by atoms with van der Waals surface area (Å²) < 4.78 is 16.9. The van der Waals surface area contributed by atoms with Gasteiger partial charge < -0.3 is 40.8 Å². The van der Waals surface area contributed by atoms with Crippen molar-refractivity contribution >= 4 is 41.4 Å². The van der Waals surface area contributed by atoms with Crippen LogP contribution in [0.25, 0.3) is 0 Å². The lowest BCUT2D eigenvalue weighted by molar-refractivity contribution is -0.163. The minimum atomic E-state index is -1.38. The van der Waals surface area contributed by atoms with Crippen molar-refractivity contribution in [3.63, 3.8) is 0 Å². The number of ether oxygens (including phenoxy) is 3. The number of hydrogen-bond donors (Lipinski definition) is 5. The second-order valence-electron chi connectivity index (χ2n) is 17.3. The molecule has 6 N–H and O–H groups in total. The number of unbranched alkanes of at least 4 members (excludes halogenated alkanes) is 24. The number of carbonyl (C=O) groups excluding carboxylic acids is 4. The Bertz CT molecular complexity index is 1410. The van der Waals surface area contributed by atoms with Crippen molar-refractivity contribution in [2.24, 2.45) is 5.73 Å². The highest BCUT2D eigenvalue weighted by Gasteiger charge is 2.23. The van der Waals surface area contributed by atoms with Crippen molar-refractivity contribution in [3.8, 4) is 0 Å². The van der Waals surface area contributed by atoms with Crippen molar-refractivity contribution in [1.82, 2.24) is 5.32 Å². The lowest BCUT2D eigenvalue weighted by Crippen LogP contribution is -2.41. The van der Waals surface area contributed by atoms with Gasteiger partial charge in [0.05, 0.1) is 13.2 Å². The molecule has 1 aromatic carbocycles. The fraction of sp³-hybridized carbons (Fsp3) is 0.760. The molecule has 0 aliphatic heterocycles. The van der Waals surface area contributed by atoms with Gasteiger partial charge in [0.15, 0.2) is 6.10 Å². The number of benzene rings is 1. The Labute approximate surface area is 384 Å². The maximum atomic E-state index is 12.9. The molecule has 1 aromatic rings. The zero-order valence-corrected chi connectivity index (χ0v) is 39.5. The molecule has 0 saturated carbocycles. The molecule has 14 heteroatoms. The monoisotopic (exact) mass is 904 g/mol. The lowest BCUT2D eigenvalue weighted by atomic mass is 10.0. The third kappa shape index (κ3) is 32.6. The Balaban J connectivity index is 2.54. The predicted octanol–water partition coefficient (Wildman–Crippen LogP) is 10.4. The number of carboxylic acids is 2. The van der Waals surface area contributed by atoms with E-state index in [4.69, 9.17) is 25.1 Å². The molecular formula is C50H85N3O11. The topological polar surface area (TPSA) is 221 Å². The molecule has 366 valence electrons. The number of amides is 2. The second-order valence-corrected chi connectivity index (χ2v) is 17.3. The lowest BCUT2D eigenvalue weighted by Gasteiger charge is -2.19. The smallest absolute Gasteiger partial charge is 0.326 e.